The molecule has 0 spiro atoms. The Morgan fingerprint density at radius 3 is 0.667 bits per heavy atom. The molecule has 0 N–H and O–H groups in total. The number of hydrogen-bond donors (Lipinski definition) is 0. The molecule has 0 fully saturated rings. The Bertz CT molecular complexity index is 213. The summed E-state index contributed by atoms with van der Waals surface area (Å²) in [5.74, 6) is 0. The van der Waals surface area contributed by atoms with Gasteiger partial charge in [-0.1, -0.05) is 0 Å². The van der Waals surface area contributed by atoms with E-state index in [-0.39, 0.29) is 84.1 Å². The van der Waals surface area contributed by atoms with Crippen molar-refractivity contribution in [2.75, 3.05) is 0 Å². The van der Waals surface area contributed by atoms with E-state index >= 15 is 0 Å². The zero-order chi connectivity index (χ0) is 9.00. The molecule has 0 unspecified atom stereocenters. The molecule has 12 heteroatoms. The molecule has 0 aliphatic heterocycles. The summed E-state index contributed by atoms with van der Waals surface area (Å²) in [6, 6.07) is 0. The molecule has 0 heterocycles. The monoisotopic (exact) mass is 624 g/mol. The first kappa shape index (κ1) is 24.4. The van der Waals surface area contributed by atoms with Crippen LogP contribution in [0.5, 0.6) is 0 Å². The van der Waals surface area contributed by atoms with Gasteiger partial charge in [-0.3, -0.25) is 0 Å². The van der Waals surface area contributed by atoms with Crippen molar-refractivity contribution >= 4 is 0 Å². The van der Waals surface area contributed by atoms with Gasteiger partial charge in [-0.05, 0) is 0 Å². The number of hydrogen-bond acceptors (Lipinski definition) is 8. The second kappa shape index (κ2) is 10.7. The van der Waals surface area contributed by atoms with E-state index in [1.165, 1.54) is 0 Å². The first-order valence-corrected chi connectivity index (χ1v) is 10.9. The summed E-state index contributed by atoms with van der Waals surface area (Å²) in [5, 5.41) is 0. The van der Waals surface area contributed by atoms with Crippen LogP contribution in [0.2, 0.25) is 0 Å². The Labute approximate surface area is 142 Å². The van der Waals surface area contributed by atoms with Crippen LogP contribution in [0.15, 0.2) is 0 Å². The molecule has 8 nitrogen and oxygen atoms in total. The predicted molar refractivity (Wildman–Crippen MR) is 2.75 cm³/mol. The maximum Gasteiger partial charge on any atom is 3.00 e. The second-order valence-electron chi connectivity index (χ2n) is 0.816. The zero-order valence-corrected chi connectivity index (χ0v) is 17.5. The molecule has 64 valence electrons. The third-order valence-electron chi connectivity index (χ3n) is 0. The van der Waals surface area contributed by atoms with Crippen LogP contribution in [-0.2, 0) is 79.8 Å². The van der Waals surface area contributed by atoms with E-state index in [1.807, 2.05) is 0 Å². The van der Waals surface area contributed by atoms with E-state index in [1.54, 1.807) is 0 Å². The van der Waals surface area contributed by atoms with Crippen LogP contribution in [0.3, 0.4) is 0 Å². The van der Waals surface area contributed by atoms with Crippen LogP contribution in [-0.4, -0.2) is 0 Å². The summed E-state index contributed by atoms with van der Waals surface area (Å²) in [6.07, 6.45) is 0. The molecule has 0 atom stereocenters. The molecule has 0 saturated carbocycles. The van der Waals surface area contributed by atoms with Crippen molar-refractivity contribution in [3.63, 3.8) is 0 Å². The number of rotatable bonds is 0. The van der Waals surface area contributed by atoms with Crippen molar-refractivity contribution in [2.24, 2.45) is 0 Å². The fourth-order valence-electron chi connectivity index (χ4n) is 0. The zero-order valence-electron chi connectivity index (χ0n) is 5.66. The van der Waals surface area contributed by atoms with Gasteiger partial charge in [0.05, 0.1) is 0 Å². The van der Waals surface area contributed by atoms with E-state index in [0.29, 0.717) is 0 Å². The van der Waals surface area contributed by atoms with Gasteiger partial charge in [-0.2, -0.15) is 0 Å². The Hall–Kier alpha value is 3.16. The van der Waals surface area contributed by atoms with Gasteiger partial charge in [0.2, 0.25) is 0 Å². The van der Waals surface area contributed by atoms with Gasteiger partial charge in [0.1, 0.15) is 0 Å². The van der Waals surface area contributed by atoms with E-state index in [2.05, 4.69) is 0 Å². The molecule has 0 aliphatic rings. The van der Waals surface area contributed by atoms with Crippen LogP contribution in [0.4, 0.5) is 0 Å². The van der Waals surface area contributed by atoms with Crippen molar-refractivity contribution in [3.05, 3.63) is 0 Å². The maximum absolute atomic E-state index is 8.65. The van der Waals surface area contributed by atoms with Crippen molar-refractivity contribution in [2.45, 2.75) is 0 Å². The summed E-state index contributed by atoms with van der Waals surface area (Å²) in [4.78, 5) is 0. The molecule has 0 aliphatic carbocycles. The molecular formula is KO8W2Y. The van der Waals surface area contributed by atoms with Gasteiger partial charge >= 0.3 is 146 Å². The third kappa shape index (κ3) is 195. The van der Waals surface area contributed by atoms with Crippen molar-refractivity contribution in [1.82, 2.24) is 0 Å². The minimum absolute atomic E-state index is 0. The fraction of sp³-hybridized carbons (Fsp3) is 0. The Morgan fingerprint density at radius 2 is 0.667 bits per heavy atom. The molecule has 0 aromatic carbocycles. The van der Waals surface area contributed by atoms with Crippen LogP contribution in [0.25, 0.3) is 0 Å². The molecular weight excluding hydrogens is 624 g/mol. The third-order valence-corrected chi connectivity index (χ3v) is 0. The Morgan fingerprint density at radius 1 is 0.667 bits per heavy atom. The standard InChI is InChI=1S/K.8O.2W.Y/q+1;;;;;4*-1;;;+3. The smallest absolute Gasteiger partial charge is 3.00 e. The van der Waals surface area contributed by atoms with E-state index in [0.717, 1.165) is 0 Å². The van der Waals surface area contributed by atoms with Crippen LogP contribution in [0, 0.1) is 0 Å². The molecule has 0 rings (SSSR count). The largest absolute Gasteiger partial charge is 3.00 e. The second-order valence-corrected chi connectivity index (χ2v) is 6.68. The van der Waals surface area contributed by atoms with E-state index < -0.39 is 33.5 Å². The van der Waals surface area contributed by atoms with Gasteiger partial charge in [-0.25, -0.2) is 0 Å². The minimum atomic E-state index is -6.17. The topological polar surface area (TPSA) is 161 Å². The molecule has 12 heavy (non-hydrogen) atoms. The van der Waals surface area contributed by atoms with Gasteiger partial charge in [-0.15, -0.1) is 0 Å². The SMILES string of the molecule is [K+].[O]=[W](=[O])([O-])[O-].[O]=[W](=[O])([O-])[O-].[Y+3]. The molecule has 0 aromatic rings. The predicted octanol–water partition coefficient (Wildman–Crippen LogP) is -8.23. The van der Waals surface area contributed by atoms with Gasteiger partial charge < -0.3 is 0 Å². The average molecular weight is 624 g/mol. The first-order chi connectivity index (χ1) is 4.00. The summed E-state index contributed by atoms with van der Waals surface area (Å²) in [6.45, 7) is 0. The summed E-state index contributed by atoms with van der Waals surface area (Å²) >= 11 is -12.3. The van der Waals surface area contributed by atoms with Crippen LogP contribution in [0.1, 0.15) is 0 Å². The summed E-state index contributed by atoms with van der Waals surface area (Å²) in [5.41, 5.74) is 0. The van der Waals surface area contributed by atoms with Gasteiger partial charge in [0.15, 0.2) is 0 Å². The normalized spacial score (nSPS) is 9.67. The van der Waals surface area contributed by atoms with E-state index in [4.69, 9.17) is 28.6 Å². The van der Waals surface area contributed by atoms with Gasteiger partial charge in [0, 0.05) is 0 Å². The van der Waals surface area contributed by atoms with Crippen molar-refractivity contribution < 1.29 is 146 Å². The molecule has 0 amide bonds. The van der Waals surface area contributed by atoms with E-state index in [9.17, 15) is 0 Å². The first-order valence-electron chi connectivity index (χ1n) is 1.33. The minimum Gasteiger partial charge on any atom is 3.00 e. The maximum atomic E-state index is 8.65. The molecule has 0 bridgehead atoms. The Balaban J connectivity index is -0.0000000457. The van der Waals surface area contributed by atoms with Crippen molar-refractivity contribution in [3.8, 4) is 0 Å². The van der Waals surface area contributed by atoms with Crippen LogP contribution < -0.4 is 66.4 Å². The quantitative estimate of drug-likeness (QED) is 0.241. The van der Waals surface area contributed by atoms with Crippen molar-refractivity contribution in [1.29, 1.82) is 0 Å². The summed E-state index contributed by atoms with van der Waals surface area (Å²) in [7, 11) is 0. The molecule has 0 saturated heterocycles. The van der Waals surface area contributed by atoms with Crippen LogP contribution >= 0.6 is 0 Å². The average Bonchev–Trinajstić information content (AvgIpc) is 1.12. The Kier molecular flexibility index (Phi) is 21.7. The molecule has 0 radical (unpaired) electrons. The molecule has 0 aromatic heterocycles. The van der Waals surface area contributed by atoms with Gasteiger partial charge in [0.25, 0.3) is 0 Å². The fourth-order valence-corrected chi connectivity index (χ4v) is 0. The summed E-state index contributed by atoms with van der Waals surface area (Å²) < 4.78 is 69.2.